The Morgan fingerprint density at radius 3 is 2.78 bits per heavy atom. The van der Waals surface area contributed by atoms with Gasteiger partial charge in [-0.25, -0.2) is 0 Å². The molecule has 0 saturated heterocycles. The average molecular weight is 331 g/mol. The monoisotopic (exact) mass is 329 g/mol. The fourth-order valence-electron chi connectivity index (χ4n) is 1.60. The summed E-state index contributed by atoms with van der Waals surface area (Å²) in [5.41, 5.74) is 6.59. The van der Waals surface area contributed by atoms with Crippen LogP contribution in [0.3, 0.4) is 0 Å². The third kappa shape index (κ3) is 3.07. The Morgan fingerprint density at radius 2 is 2.17 bits per heavy atom. The highest BCUT2D eigenvalue weighted by atomic mass is 79.9. The molecule has 0 fully saturated rings. The minimum Gasteiger partial charge on any atom is -0.484 e. The first kappa shape index (κ1) is 13.5. The van der Waals surface area contributed by atoms with E-state index < -0.39 is 0 Å². The van der Waals surface area contributed by atoms with Crippen LogP contribution in [0.15, 0.2) is 33.2 Å². The molecule has 2 aromatic rings. The summed E-state index contributed by atoms with van der Waals surface area (Å²) in [6.07, 6.45) is 0. The molecular formula is C13H13BrClNO2. The van der Waals surface area contributed by atoms with E-state index in [4.69, 9.17) is 26.5 Å². The Bertz CT molecular complexity index is 554. The lowest BCUT2D eigenvalue weighted by Gasteiger charge is -2.06. The quantitative estimate of drug-likeness (QED) is 0.920. The predicted octanol–water partition coefficient (Wildman–Crippen LogP) is 4.04. The van der Waals surface area contributed by atoms with E-state index in [1.54, 1.807) is 12.1 Å². The molecule has 3 nitrogen and oxygen atoms in total. The number of ether oxygens (including phenoxy) is 1. The molecule has 96 valence electrons. The highest BCUT2D eigenvalue weighted by Crippen LogP contribution is 2.29. The summed E-state index contributed by atoms with van der Waals surface area (Å²) >= 11 is 9.25. The zero-order valence-electron chi connectivity index (χ0n) is 9.87. The van der Waals surface area contributed by atoms with Gasteiger partial charge in [0.15, 0.2) is 0 Å². The molecule has 0 radical (unpaired) electrons. The Balaban J connectivity index is 2.06. The second kappa shape index (κ2) is 5.78. The molecule has 1 aromatic carbocycles. The van der Waals surface area contributed by atoms with Gasteiger partial charge in [-0.3, -0.25) is 0 Å². The number of aryl methyl sites for hydroxylation is 1. The van der Waals surface area contributed by atoms with E-state index in [-0.39, 0.29) is 0 Å². The second-order valence-electron chi connectivity index (χ2n) is 3.86. The molecule has 5 heteroatoms. The molecule has 18 heavy (non-hydrogen) atoms. The lowest BCUT2D eigenvalue weighted by molar-refractivity contribution is 0.266. The highest BCUT2D eigenvalue weighted by Gasteiger charge is 2.08. The maximum absolute atomic E-state index is 5.86. The third-order valence-corrected chi connectivity index (χ3v) is 3.41. The maximum Gasteiger partial charge on any atom is 0.146 e. The molecule has 0 spiro atoms. The van der Waals surface area contributed by atoms with Gasteiger partial charge in [0.25, 0.3) is 0 Å². The lowest BCUT2D eigenvalue weighted by Crippen LogP contribution is -1.96. The van der Waals surface area contributed by atoms with Crippen LogP contribution in [0.1, 0.15) is 17.1 Å². The van der Waals surface area contributed by atoms with Crippen molar-refractivity contribution < 1.29 is 9.15 Å². The number of hydrogen-bond donors (Lipinski definition) is 1. The van der Waals surface area contributed by atoms with E-state index in [0.717, 1.165) is 27.3 Å². The van der Waals surface area contributed by atoms with Crippen LogP contribution in [-0.4, -0.2) is 0 Å². The largest absolute Gasteiger partial charge is 0.484 e. The van der Waals surface area contributed by atoms with Gasteiger partial charge in [0.1, 0.15) is 23.9 Å². The molecule has 0 aliphatic carbocycles. The molecule has 0 aliphatic heterocycles. The SMILES string of the molecule is Cc1oc(COc2ccc(Cl)cc2Br)cc1CN. The van der Waals surface area contributed by atoms with Crippen LogP contribution in [0, 0.1) is 6.92 Å². The van der Waals surface area contributed by atoms with E-state index in [2.05, 4.69) is 15.9 Å². The van der Waals surface area contributed by atoms with Crippen LogP contribution < -0.4 is 10.5 Å². The summed E-state index contributed by atoms with van der Waals surface area (Å²) in [6.45, 7) is 2.73. The van der Waals surface area contributed by atoms with Crippen LogP contribution in [0.5, 0.6) is 5.75 Å². The smallest absolute Gasteiger partial charge is 0.146 e. The lowest BCUT2D eigenvalue weighted by atomic mass is 10.2. The molecule has 0 saturated carbocycles. The summed E-state index contributed by atoms with van der Waals surface area (Å²) in [4.78, 5) is 0. The number of nitrogens with two attached hydrogens (primary N) is 1. The van der Waals surface area contributed by atoms with Crippen molar-refractivity contribution in [1.29, 1.82) is 0 Å². The normalized spacial score (nSPS) is 10.7. The molecule has 0 amide bonds. The third-order valence-electron chi connectivity index (χ3n) is 2.56. The van der Waals surface area contributed by atoms with Crippen LogP contribution in [0.25, 0.3) is 0 Å². The van der Waals surface area contributed by atoms with Gasteiger partial charge >= 0.3 is 0 Å². The van der Waals surface area contributed by atoms with E-state index in [1.165, 1.54) is 0 Å². The first-order valence-electron chi connectivity index (χ1n) is 5.46. The maximum atomic E-state index is 5.86. The molecule has 1 aromatic heterocycles. The van der Waals surface area contributed by atoms with Gasteiger partial charge < -0.3 is 14.9 Å². The fourth-order valence-corrected chi connectivity index (χ4v) is 2.40. The van der Waals surface area contributed by atoms with Crippen LogP contribution >= 0.6 is 27.5 Å². The summed E-state index contributed by atoms with van der Waals surface area (Å²) in [6, 6.07) is 7.29. The van der Waals surface area contributed by atoms with Crippen molar-refractivity contribution in [2.75, 3.05) is 0 Å². The zero-order chi connectivity index (χ0) is 13.1. The van der Waals surface area contributed by atoms with Gasteiger partial charge in [-0.2, -0.15) is 0 Å². The van der Waals surface area contributed by atoms with Gasteiger partial charge in [0.05, 0.1) is 4.47 Å². The zero-order valence-corrected chi connectivity index (χ0v) is 12.2. The predicted molar refractivity (Wildman–Crippen MR) is 74.8 cm³/mol. The standard InChI is InChI=1S/C13H13BrClNO2/c1-8-9(6-16)4-11(18-8)7-17-13-3-2-10(15)5-12(13)14/h2-5H,6-7,16H2,1H3. The molecule has 0 bridgehead atoms. The molecule has 0 unspecified atom stereocenters. The van der Waals surface area contributed by atoms with Crippen molar-refractivity contribution in [3.05, 3.63) is 50.8 Å². The van der Waals surface area contributed by atoms with Crippen molar-refractivity contribution in [2.45, 2.75) is 20.1 Å². The minimum atomic E-state index is 0.362. The van der Waals surface area contributed by atoms with Crippen molar-refractivity contribution >= 4 is 27.5 Å². The number of rotatable bonds is 4. The van der Waals surface area contributed by atoms with Gasteiger partial charge in [-0.15, -0.1) is 0 Å². The van der Waals surface area contributed by atoms with E-state index in [1.807, 2.05) is 19.1 Å². The Hall–Kier alpha value is -0.970. The van der Waals surface area contributed by atoms with Crippen molar-refractivity contribution in [2.24, 2.45) is 5.73 Å². The van der Waals surface area contributed by atoms with Crippen molar-refractivity contribution in [3.63, 3.8) is 0 Å². The van der Waals surface area contributed by atoms with E-state index in [9.17, 15) is 0 Å². The van der Waals surface area contributed by atoms with Gasteiger partial charge in [0, 0.05) is 17.1 Å². The molecule has 0 aliphatic rings. The highest BCUT2D eigenvalue weighted by molar-refractivity contribution is 9.10. The Morgan fingerprint density at radius 1 is 1.39 bits per heavy atom. The van der Waals surface area contributed by atoms with Crippen molar-refractivity contribution in [3.8, 4) is 5.75 Å². The van der Waals surface area contributed by atoms with Gasteiger partial charge in [-0.05, 0) is 47.1 Å². The summed E-state index contributed by atoms with van der Waals surface area (Å²) in [5.74, 6) is 2.32. The summed E-state index contributed by atoms with van der Waals surface area (Å²) in [5, 5.41) is 0.661. The first-order chi connectivity index (χ1) is 8.60. The van der Waals surface area contributed by atoms with E-state index in [0.29, 0.717) is 18.2 Å². The van der Waals surface area contributed by atoms with Gasteiger partial charge in [0.2, 0.25) is 0 Å². The molecule has 0 atom stereocenters. The molecule has 2 rings (SSSR count). The number of halogens is 2. The van der Waals surface area contributed by atoms with Crippen LogP contribution in [0.2, 0.25) is 5.02 Å². The topological polar surface area (TPSA) is 48.4 Å². The molecule has 1 heterocycles. The average Bonchev–Trinajstić information content (AvgIpc) is 2.69. The number of furan rings is 1. The fraction of sp³-hybridized carbons (Fsp3) is 0.231. The Labute approximate surface area is 119 Å². The Kier molecular flexibility index (Phi) is 4.32. The summed E-state index contributed by atoms with van der Waals surface area (Å²) in [7, 11) is 0. The summed E-state index contributed by atoms with van der Waals surface area (Å²) < 4.78 is 12.0. The molecule has 2 N–H and O–H groups in total. The van der Waals surface area contributed by atoms with E-state index >= 15 is 0 Å². The number of benzene rings is 1. The van der Waals surface area contributed by atoms with Crippen molar-refractivity contribution in [1.82, 2.24) is 0 Å². The number of hydrogen-bond acceptors (Lipinski definition) is 3. The molecular weight excluding hydrogens is 318 g/mol. The van der Waals surface area contributed by atoms with Crippen LogP contribution in [0.4, 0.5) is 0 Å². The second-order valence-corrected chi connectivity index (χ2v) is 5.15. The minimum absolute atomic E-state index is 0.362. The van der Waals surface area contributed by atoms with Crippen LogP contribution in [-0.2, 0) is 13.2 Å². The van der Waals surface area contributed by atoms with Gasteiger partial charge in [-0.1, -0.05) is 11.6 Å². The first-order valence-corrected chi connectivity index (χ1v) is 6.63.